The van der Waals surface area contributed by atoms with E-state index in [9.17, 15) is 4.79 Å². The summed E-state index contributed by atoms with van der Waals surface area (Å²) in [5.74, 6) is -1.10. The number of aliphatic imine (C=N–C) groups is 1. The summed E-state index contributed by atoms with van der Waals surface area (Å²) in [5.41, 5.74) is 1.01. The standard InChI is InChI=1S/C13H11N3O2/c1-3-9(6-7-15-2)12-11(13(17)18)5-4-10(8-14)16-12/h3-7H,2H2,1H3,(H,17,18)/b7-6-,9-3+. The molecule has 5 nitrogen and oxygen atoms in total. The summed E-state index contributed by atoms with van der Waals surface area (Å²) in [6.07, 6.45) is 4.71. The van der Waals surface area contributed by atoms with Gasteiger partial charge >= 0.3 is 5.97 Å². The molecule has 0 radical (unpaired) electrons. The van der Waals surface area contributed by atoms with E-state index in [0.717, 1.165) is 0 Å². The van der Waals surface area contributed by atoms with Gasteiger partial charge in [-0.2, -0.15) is 5.26 Å². The Hall–Kier alpha value is -2.74. The predicted molar refractivity (Wildman–Crippen MR) is 68.3 cm³/mol. The van der Waals surface area contributed by atoms with E-state index in [1.807, 2.05) is 6.07 Å². The Kier molecular flexibility index (Phi) is 4.52. The van der Waals surface area contributed by atoms with Gasteiger partial charge in [0.05, 0.1) is 11.3 Å². The number of carboxylic acid groups (broad SMARTS) is 1. The maximum atomic E-state index is 11.1. The van der Waals surface area contributed by atoms with Gasteiger partial charge in [0.2, 0.25) is 0 Å². The molecule has 0 aromatic carbocycles. The SMILES string of the molecule is C=N/C=C\C(=C/C)c1nc(C#N)ccc1C(=O)O. The minimum absolute atomic E-state index is 0.0378. The molecule has 1 aromatic heterocycles. The maximum absolute atomic E-state index is 11.1. The molecule has 1 rings (SSSR count). The van der Waals surface area contributed by atoms with Gasteiger partial charge in [-0.05, 0) is 37.4 Å². The molecular weight excluding hydrogens is 230 g/mol. The minimum atomic E-state index is -1.10. The highest BCUT2D eigenvalue weighted by atomic mass is 16.4. The number of allylic oxidation sites excluding steroid dienone is 3. The summed E-state index contributed by atoms with van der Waals surface area (Å²) in [7, 11) is 0. The zero-order valence-electron chi connectivity index (χ0n) is 9.79. The van der Waals surface area contributed by atoms with Crippen molar-refractivity contribution in [1.82, 2.24) is 4.98 Å². The normalized spacial score (nSPS) is 11.2. The molecule has 18 heavy (non-hydrogen) atoms. The van der Waals surface area contributed by atoms with Crippen molar-refractivity contribution in [3.05, 3.63) is 47.4 Å². The smallest absolute Gasteiger partial charge is 0.337 e. The van der Waals surface area contributed by atoms with Crippen LogP contribution in [0.15, 0.2) is 35.5 Å². The molecule has 0 amide bonds. The number of carbonyl (C=O) groups is 1. The molecule has 0 saturated carbocycles. The van der Waals surface area contributed by atoms with Crippen LogP contribution in [0, 0.1) is 11.3 Å². The number of hydrogen-bond donors (Lipinski definition) is 1. The van der Waals surface area contributed by atoms with E-state index in [2.05, 4.69) is 16.7 Å². The number of pyridine rings is 1. The Morgan fingerprint density at radius 3 is 2.83 bits per heavy atom. The third kappa shape index (κ3) is 2.89. The number of hydrogen-bond acceptors (Lipinski definition) is 4. The molecule has 0 atom stereocenters. The molecule has 0 aliphatic heterocycles. The lowest BCUT2D eigenvalue weighted by atomic mass is 10.1. The Labute approximate surface area is 104 Å². The number of nitriles is 1. The van der Waals surface area contributed by atoms with E-state index in [1.54, 1.807) is 19.1 Å². The fraction of sp³-hybridized carbons (Fsp3) is 0.0769. The van der Waals surface area contributed by atoms with E-state index in [4.69, 9.17) is 10.4 Å². The summed E-state index contributed by atoms with van der Waals surface area (Å²) >= 11 is 0. The van der Waals surface area contributed by atoms with Crippen molar-refractivity contribution in [1.29, 1.82) is 5.26 Å². The van der Waals surface area contributed by atoms with Crippen LogP contribution >= 0.6 is 0 Å². The molecule has 0 fully saturated rings. The first kappa shape index (κ1) is 13.3. The topological polar surface area (TPSA) is 86.3 Å². The molecule has 0 aliphatic carbocycles. The first-order valence-electron chi connectivity index (χ1n) is 5.07. The summed E-state index contributed by atoms with van der Waals surface area (Å²) in [6, 6.07) is 4.61. The van der Waals surface area contributed by atoms with Crippen molar-refractivity contribution in [3.8, 4) is 6.07 Å². The second-order valence-electron chi connectivity index (χ2n) is 3.25. The zero-order chi connectivity index (χ0) is 13.5. The molecule has 1 heterocycles. The number of aromatic nitrogens is 1. The molecular formula is C13H11N3O2. The number of aromatic carboxylic acids is 1. The fourth-order valence-electron chi connectivity index (χ4n) is 1.36. The van der Waals surface area contributed by atoms with Crippen LogP contribution in [0.3, 0.4) is 0 Å². The zero-order valence-corrected chi connectivity index (χ0v) is 9.79. The lowest BCUT2D eigenvalue weighted by Gasteiger charge is -2.05. The highest BCUT2D eigenvalue weighted by molar-refractivity contribution is 5.94. The number of nitrogens with zero attached hydrogens (tertiary/aromatic N) is 3. The molecule has 1 aromatic rings. The molecule has 0 aliphatic rings. The average Bonchev–Trinajstić information content (AvgIpc) is 2.39. The van der Waals surface area contributed by atoms with Crippen LogP contribution in [0.2, 0.25) is 0 Å². The molecule has 5 heteroatoms. The molecule has 1 N–H and O–H groups in total. The van der Waals surface area contributed by atoms with Crippen molar-refractivity contribution < 1.29 is 9.90 Å². The Bertz CT molecular complexity index is 580. The van der Waals surface area contributed by atoms with E-state index in [1.165, 1.54) is 18.3 Å². The van der Waals surface area contributed by atoms with Crippen molar-refractivity contribution in [2.24, 2.45) is 4.99 Å². The van der Waals surface area contributed by atoms with Gasteiger partial charge in [0, 0.05) is 6.20 Å². The second kappa shape index (κ2) is 6.11. The monoisotopic (exact) mass is 241 g/mol. The minimum Gasteiger partial charge on any atom is -0.478 e. The van der Waals surface area contributed by atoms with E-state index in [-0.39, 0.29) is 17.0 Å². The Morgan fingerprint density at radius 1 is 1.61 bits per heavy atom. The van der Waals surface area contributed by atoms with E-state index in [0.29, 0.717) is 5.57 Å². The molecule has 0 saturated heterocycles. The molecule has 0 spiro atoms. The highest BCUT2D eigenvalue weighted by Crippen LogP contribution is 2.19. The van der Waals surface area contributed by atoms with Crippen LogP contribution in [0.1, 0.15) is 28.7 Å². The summed E-state index contributed by atoms with van der Waals surface area (Å²) < 4.78 is 0. The van der Waals surface area contributed by atoms with Crippen molar-refractivity contribution >= 4 is 18.3 Å². The summed E-state index contributed by atoms with van der Waals surface area (Å²) in [4.78, 5) is 18.7. The highest BCUT2D eigenvalue weighted by Gasteiger charge is 2.14. The Morgan fingerprint density at radius 2 is 2.33 bits per heavy atom. The predicted octanol–water partition coefficient (Wildman–Crippen LogP) is 2.27. The van der Waals surface area contributed by atoms with E-state index >= 15 is 0 Å². The van der Waals surface area contributed by atoms with Crippen LogP contribution in [0.25, 0.3) is 5.57 Å². The summed E-state index contributed by atoms with van der Waals surface area (Å²) in [5, 5.41) is 17.9. The molecule has 90 valence electrons. The van der Waals surface area contributed by atoms with Crippen LogP contribution in [0.4, 0.5) is 0 Å². The first-order chi connectivity index (χ1) is 8.63. The van der Waals surface area contributed by atoms with Crippen LogP contribution < -0.4 is 0 Å². The second-order valence-corrected chi connectivity index (χ2v) is 3.25. The van der Waals surface area contributed by atoms with Gasteiger partial charge in [0.25, 0.3) is 0 Å². The molecule has 0 bridgehead atoms. The van der Waals surface area contributed by atoms with Crippen LogP contribution in [-0.2, 0) is 0 Å². The van der Waals surface area contributed by atoms with Gasteiger partial charge in [-0.1, -0.05) is 6.08 Å². The van der Waals surface area contributed by atoms with Crippen LogP contribution in [-0.4, -0.2) is 22.8 Å². The van der Waals surface area contributed by atoms with E-state index < -0.39 is 5.97 Å². The summed E-state index contributed by atoms with van der Waals surface area (Å²) in [6.45, 7) is 5.04. The lowest BCUT2D eigenvalue weighted by molar-refractivity contribution is 0.0696. The van der Waals surface area contributed by atoms with Crippen LogP contribution in [0.5, 0.6) is 0 Å². The van der Waals surface area contributed by atoms with Gasteiger partial charge in [0.15, 0.2) is 0 Å². The van der Waals surface area contributed by atoms with Gasteiger partial charge in [-0.25, -0.2) is 9.78 Å². The Balaban J connectivity index is 3.44. The van der Waals surface area contributed by atoms with Crippen molar-refractivity contribution in [3.63, 3.8) is 0 Å². The van der Waals surface area contributed by atoms with Gasteiger partial charge in [0.1, 0.15) is 11.8 Å². The first-order valence-corrected chi connectivity index (χ1v) is 5.07. The van der Waals surface area contributed by atoms with Gasteiger partial charge in [-0.3, -0.25) is 4.99 Å². The average molecular weight is 241 g/mol. The third-order valence-corrected chi connectivity index (χ3v) is 2.18. The third-order valence-electron chi connectivity index (χ3n) is 2.18. The van der Waals surface area contributed by atoms with Gasteiger partial charge < -0.3 is 5.11 Å². The number of carboxylic acids is 1. The lowest BCUT2D eigenvalue weighted by Crippen LogP contribution is -2.05. The van der Waals surface area contributed by atoms with Gasteiger partial charge in [-0.15, -0.1) is 0 Å². The molecule has 0 unspecified atom stereocenters. The quantitative estimate of drug-likeness (QED) is 0.647. The largest absolute Gasteiger partial charge is 0.478 e. The maximum Gasteiger partial charge on any atom is 0.337 e. The fourth-order valence-corrected chi connectivity index (χ4v) is 1.36. The van der Waals surface area contributed by atoms with Crippen molar-refractivity contribution in [2.45, 2.75) is 6.92 Å². The number of rotatable bonds is 4. The van der Waals surface area contributed by atoms with Crippen molar-refractivity contribution in [2.75, 3.05) is 0 Å².